The van der Waals surface area contributed by atoms with Crippen LogP contribution in [0.1, 0.15) is 33.7 Å². The molecule has 0 radical (unpaired) electrons. The van der Waals surface area contributed by atoms with E-state index in [1.54, 1.807) is 45.7 Å². The number of nitrogens with zero attached hydrogens (tertiary/aromatic N) is 4. The Morgan fingerprint density at radius 3 is 2.48 bits per heavy atom. The monoisotopic (exact) mass is 616 g/mol. The van der Waals surface area contributed by atoms with Gasteiger partial charge in [-0.1, -0.05) is 17.7 Å². The van der Waals surface area contributed by atoms with Crippen molar-refractivity contribution in [2.24, 2.45) is 0 Å². The predicted molar refractivity (Wildman–Crippen MR) is 159 cm³/mol. The molecule has 0 saturated carbocycles. The third-order valence-corrected chi connectivity index (χ3v) is 8.23. The molecule has 0 unspecified atom stereocenters. The second-order valence-corrected chi connectivity index (χ2v) is 11.2. The lowest BCUT2D eigenvalue weighted by molar-refractivity contribution is -0.0589. The van der Waals surface area contributed by atoms with Crippen LogP contribution in [-0.4, -0.2) is 42.9 Å². The third-order valence-electron chi connectivity index (χ3n) is 7.99. The fourth-order valence-corrected chi connectivity index (χ4v) is 5.70. The number of hydrogen-bond donors (Lipinski definition) is 1. The van der Waals surface area contributed by atoms with Crippen molar-refractivity contribution in [1.29, 1.82) is 0 Å². The normalized spacial score (nSPS) is 14.8. The second kappa shape index (κ2) is 11.1. The molecule has 1 aliphatic rings. The molecule has 1 saturated heterocycles. The average Bonchev–Trinajstić information content (AvgIpc) is 3.53. The van der Waals surface area contributed by atoms with Gasteiger partial charge >= 0.3 is 5.97 Å². The largest absolute Gasteiger partial charge is 0.478 e. The highest BCUT2D eigenvalue weighted by Gasteiger charge is 2.24. The van der Waals surface area contributed by atoms with E-state index in [1.165, 1.54) is 30.3 Å². The lowest BCUT2D eigenvalue weighted by Gasteiger charge is -2.27. The van der Waals surface area contributed by atoms with Crippen LogP contribution in [0.25, 0.3) is 33.3 Å². The van der Waals surface area contributed by atoms with Crippen molar-refractivity contribution in [1.82, 2.24) is 19.1 Å². The number of carboxylic acids is 1. The van der Waals surface area contributed by atoms with E-state index in [9.17, 15) is 14.3 Å². The van der Waals surface area contributed by atoms with E-state index in [-0.39, 0.29) is 35.8 Å². The summed E-state index contributed by atoms with van der Waals surface area (Å²) in [5.41, 5.74) is 2.58. The molecule has 4 heterocycles. The van der Waals surface area contributed by atoms with Crippen molar-refractivity contribution in [2.75, 3.05) is 6.61 Å². The van der Waals surface area contributed by atoms with Crippen LogP contribution in [0.15, 0.2) is 72.9 Å². The van der Waals surface area contributed by atoms with E-state index in [2.05, 4.69) is 9.97 Å². The summed E-state index contributed by atoms with van der Waals surface area (Å²) in [7, 11) is 0. The smallest absolute Gasteiger partial charge is 0.335 e. The molecule has 11 heteroatoms. The van der Waals surface area contributed by atoms with Crippen molar-refractivity contribution in [3.63, 3.8) is 0 Å². The van der Waals surface area contributed by atoms with Crippen LogP contribution in [0.2, 0.25) is 5.02 Å². The quantitative estimate of drug-likeness (QED) is 0.195. The van der Waals surface area contributed by atoms with Crippen LogP contribution in [0.5, 0.6) is 0 Å². The molecule has 3 aromatic heterocycles. The number of carbonyl (C=O) groups is 1. The third kappa shape index (κ3) is 5.20. The molecule has 1 atom stereocenters. The van der Waals surface area contributed by atoms with E-state index in [1.807, 2.05) is 6.07 Å². The molecule has 6 aromatic rings. The number of rotatable bonds is 8. The average molecular weight is 617 g/mol. The number of aromatic carboxylic acids is 1. The van der Waals surface area contributed by atoms with E-state index in [4.69, 9.17) is 16.3 Å². The SMILES string of the molecule is O=C(O)c1ccc2nc(Cc3c(F)cc(-c4ccc5ccn(Cc6ccc(Cl)cc6F)c5n4)cc3F)n(C[C@@H]3CCO3)c2c1. The van der Waals surface area contributed by atoms with Gasteiger partial charge in [-0.15, -0.1) is 0 Å². The summed E-state index contributed by atoms with van der Waals surface area (Å²) in [6.45, 7) is 1.21. The maximum absolute atomic E-state index is 15.6. The van der Waals surface area contributed by atoms with Crippen LogP contribution in [0.4, 0.5) is 13.2 Å². The molecule has 1 aliphatic heterocycles. The summed E-state index contributed by atoms with van der Waals surface area (Å²) in [5.74, 6) is -2.64. The number of fused-ring (bicyclic) bond motifs is 2. The highest BCUT2D eigenvalue weighted by Crippen LogP contribution is 2.29. The van der Waals surface area contributed by atoms with Crippen LogP contribution in [0, 0.1) is 17.5 Å². The Bertz CT molecular complexity index is 2060. The van der Waals surface area contributed by atoms with E-state index in [0.29, 0.717) is 51.9 Å². The van der Waals surface area contributed by atoms with Gasteiger partial charge in [-0.25, -0.2) is 27.9 Å². The van der Waals surface area contributed by atoms with Gasteiger partial charge in [0.15, 0.2) is 0 Å². The Balaban J connectivity index is 1.22. The molecular formula is C33H24ClF3N4O3. The first-order valence-electron chi connectivity index (χ1n) is 14.0. The Labute approximate surface area is 254 Å². The molecule has 1 fully saturated rings. The summed E-state index contributed by atoms with van der Waals surface area (Å²) in [6, 6.07) is 16.8. The number of carboxylic acid groups (broad SMARTS) is 1. The number of aromatic nitrogens is 4. The number of imidazole rings is 1. The minimum atomic E-state index is -1.08. The fraction of sp³-hybridized carbons (Fsp3) is 0.182. The molecule has 1 N–H and O–H groups in total. The number of hydrogen-bond acceptors (Lipinski definition) is 4. The Kier molecular flexibility index (Phi) is 7.10. The van der Waals surface area contributed by atoms with Gasteiger partial charge in [0, 0.05) is 46.3 Å². The van der Waals surface area contributed by atoms with Crippen molar-refractivity contribution < 1.29 is 27.8 Å². The molecule has 7 nitrogen and oxygen atoms in total. The summed E-state index contributed by atoms with van der Waals surface area (Å²) >= 11 is 5.89. The maximum atomic E-state index is 15.6. The molecule has 44 heavy (non-hydrogen) atoms. The van der Waals surface area contributed by atoms with Crippen molar-refractivity contribution in [3.8, 4) is 11.3 Å². The number of benzene rings is 3. The first-order valence-corrected chi connectivity index (χ1v) is 14.3. The van der Waals surface area contributed by atoms with Crippen LogP contribution < -0.4 is 0 Å². The highest BCUT2D eigenvalue weighted by molar-refractivity contribution is 6.30. The summed E-state index contributed by atoms with van der Waals surface area (Å²) < 4.78 is 54.8. The zero-order chi connectivity index (χ0) is 30.5. The number of pyridine rings is 1. The van der Waals surface area contributed by atoms with Crippen molar-refractivity contribution in [2.45, 2.75) is 32.0 Å². The fourth-order valence-electron chi connectivity index (χ4n) is 5.54. The van der Waals surface area contributed by atoms with Crippen LogP contribution >= 0.6 is 11.6 Å². The standard InChI is InChI=1S/C33H24ClF3N4O3/c34-22-4-1-20(25(35)14-22)16-40-9-7-18-2-5-28(39-32(18)40)21-11-26(36)24(27(37)12-21)15-31-38-29-6-3-19(33(42)43)13-30(29)41(31)17-23-8-10-44-23/h1-7,9,11-14,23H,8,10,15-17H2,(H,42,43)/t23-/m0/s1. The van der Waals surface area contributed by atoms with Gasteiger partial charge in [0.05, 0.1) is 41.5 Å². The van der Waals surface area contributed by atoms with Crippen LogP contribution in [0.3, 0.4) is 0 Å². The molecule has 0 spiro atoms. The molecule has 3 aromatic carbocycles. The van der Waals surface area contributed by atoms with Gasteiger partial charge in [0.2, 0.25) is 0 Å². The lowest BCUT2D eigenvalue weighted by Crippen LogP contribution is -2.31. The van der Waals surface area contributed by atoms with Crippen molar-refractivity contribution >= 4 is 39.6 Å². The topological polar surface area (TPSA) is 82.2 Å². The number of halogens is 4. The predicted octanol–water partition coefficient (Wildman–Crippen LogP) is 7.25. The van der Waals surface area contributed by atoms with Crippen LogP contribution in [-0.2, 0) is 24.2 Å². The highest BCUT2D eigenvalue weighted by atomic mass is 35.5. The van der Waals surface area contributed by atoms with Crippen molar-refractivity contribution in [3.05, 3.63) is 118 Å². The number of ether oxygens (including phenoxy) is 1. The zero-order valence-corrected chi connectivity index (χ0v) is 23.9. The van der Waals surface area contributed by atoms with Gasteiger partial charge in [-0.2, -0.15) is 0 Å². The summed E-state index contributed by atoms with van der Waals surface area (Å²) in [6.07, 6.45) is 2.36. The van der Waals surface area contributed by atoms with Gasteiger partial charge in [-0.05, 0) is 67.1 Å². The van der Waals surface area contributed by atoms with Gasteiger partial charge in [0.25, 0.3) is 0 Å². The lowest BCUT2D eigenvalue weighted by atomic mass is 10.0. The van der Waals surface area contributed by atoms with E-state index in [0.717, 1.165) is 11.8 Å². The van der Waals surface area contributed by atoms with Gasteiger partial charge in [-0.3, -0.25) is 0 Å². The minimum Gasteiger partial charge on any atom is -0.478 e. The molecule has 0 aliphatic carbocycles. The summed E-state index contributed by atoms with van der Waals surface area (Å²) in [4.78, 5) is 20.8. The molecule has 0 bridgehead atoms. The molecule has 222 valence electrons. The van der Waals surface area contributed by atoms with Gasteiger partial charge in [0.1, 0.15) is 28.9 Å². The first-order chi connectivity index (χ1) is 21.2. The minimum absolute atomic E-state index is 0.0900. The maximum Gasteiger partial charge on any atom is 0.335 e. The van der Waals surface area contributed by atoms with E-state index >= 15 is 8.78 Å². The zero-order valence-electron chi connectivity index (χ0n) is 23.1. The molecule has 0 amide bonds. The molecule has 7 rings (SSSR count). The summed E-state index contributed by atoms with van der Waals surface area (Å²) in [5, 5.41) is 10.6. The second-order valence-electron chi connectivity index (χ2n) is 10.8. The van der Waals surface area contributed by atoms with E-state index < -0.39 is 23.4 Å². The Hall–Kier alpha value is -4.67. The Morgan fingerprint density at radius 1 is 0.977 bits per heavy atom. The van der Waals surface area contributed by atoms with Gasteiger partial charge < -0.3 is 19.0 Å². The molecular weight excluding hydrogens is 593 g/mol. The first kappa shape index (κ1) is 28.1. The Morgan fingerprint density at radius 2 is 1.77 bits per heavy atom.